The number of anilines is 4. The molecule has 2 saturated heterocycles. The number of urea groups is 2. The Labute approximate surface area is 402 Å². The van der Waals surface area contributed by atoms with Crippen LogP contribution in [0.1, 0.15) is 57.1 Å². The zero-order valence-corrected chi connectivity index (χ0v) is 41.7. The van der Waals surface area contributed by atoms with Gasteiger partial charge >= 0.3 is 18.2 Å². The first-order valence-corrected chi connectivity index (χ1v) is 25.9. The monoisotopic (exact) mass is 1010 g/mol. The van der Waals surface area contributed by atoms with Crippen LogP contribution in [0.4, 0.5) is 45.9 Å². The van der Waals surface area contributed by atoms with Crippen LogP contribution in [-0.2, 0) is 36.9 Å². The summed E-state index contributed by atoms with van der Waals surface area (Å²) < 4.78 is 80.3. The predicted octanol–water partition coefficient (Wildman–Crippen LogP) is 7.44. The average molecular weight is 1010 g/mol. The summed E-state index contributed by atoms with van der Waals surface area (Å²) in [5.74, 6) is -0.887. The molecule has 18 nitrogen and oxygen atoms in total. The molecule has 68 heavy (non-hydrogen) atoms. The number of hydrogen-bond donors (Lipinski definition) is 4. The van der Waals surface area contributed by atoms with Gasteiger partial charge in [0.05, 0.1) is 46.6 Å². The van der Waals surface area contributed by atoms with Gasteiger partial charge in [-0.3, -0.25) is 19.8 Å². The fourth-order valence-electron chi connectivity index (χ4n) is 6.49. The third-order valence-electron chi connectivity index (χ3n) is 10.2. The highest BCUT2D eigenvalue weighted by Crippen LogP contribution is 2.23. The standard InChI is InChI=1S/C23H30FN5O3.C20H26FN5O3S.C2H5ClO2S/c1-16-8-9-18(14-25-16)26-21(30)27-19-7-5-6-17(20(19)24)15-28-10-12-29(13-11-28)22(31)32-23(2,3)4;1-3-30(28,29)26-11-9-25(10-12-26)14-16-5-4-6-18(19(16)21)24-20(27)23-17-8-7-15(2)22-13-17;1-2-6(3,4)5/h5-9,14H,10-13,15H2,1-4H3,(H2,26,27,30);4-8,13H,3,9-12,14H2,1-2H3,(H2,23,24,27);2H2,1H3. The minimum Gasteiger partial charge on any atom is -0.444 e. The second kappa shape index (κ2) is 25.2. The first kappa shape index (κ1) is 55.1. The van der Waals surface area contributed by atoms with Crippen molar-refractivity contribution in [3.63, 3.8) is 0 Å². The SMILES string of the molecule is CCS(=O)(=O)Cl.CCS(=O)(=O)N1CCN(Cc2cccc(NC(=O)Nc3ccc(C)nc3)c2F)CC1.Cc1ccc(NC(=O)Nc2cccc(CN3CCN(C(=O)OC(C)(C)C)CC3)c2F)cn1. The summed E-state index contributed by atoms with van der Waals surface area (Å²) in [4.78, 5) is 50.6. The lowest BCUT2D eigenvalue weighted by Gasteiger charge is -2.35. The lowest BCUT2D eigenvalue weighted by Crippen LogP contribution is -2.49. The second-order valence-electron chi connectivity index (χ2n) is 16.7. The minimum atomic E-state index is -3.20. The van der Waals surface area contributed by atoms with Crippen LogP contribution in [-0.4, -0.2) is 133 Å². The Hall–Kier alpha value is -5.52. The van der Waals surface area contributed by atoms with Gasteiger partial charge in [-0.15, -0.1) is 0 Å². The van der Waals surface area contributed by atoms with E-state index in [0.29, 0.717) is 87.9 Å². The first-order chi connectivity index (χ1) is 31.9. The number of hydrogen-bond acceptors (Lipinski definition) is 12. The maximum Gasteiger partial charge on any atom is 0.410 e. The summed E-state index contributed by atoms with van der Waals surface area (Å²) >= 11 is 0. The van der Waals surface area contributed by atoms with E-state index < -0.39 is 48.4 Å². The lowest BCUT2D eigenvalue weighted by molar-refractivity contribution is 0.0138. The minimum absolute atomic E-state index is 0.00849. The number of amides is 5. The number of rotatable bonds is 11. The quantitative estimate of drug-likeness (QED) is 0.108. The van der Waals surface area contributed by atoms with Crippen LogP contribution in [0.3, 0.4) is 0 Å². The molecule has 4 N–H and O–H groups in total. The summed E-state index contributed by atoms with van der Waals surface area (Å²) in [7, 11) is -1.70. The molecule has 0 bridgehead atoms. The molecule has 0 saturated carbocycles. The van der Waals surface area contributed by atoms with Gasteiger partial charge in [0.2, 0.25) is 19.1 Å². The van der Waals surface area contributed by atoms with Crippen molar-refractivity contribution >= 4 is 70.7 Å². The van der Waals surface area contributed by atoms with Gasteiger partial charge in [0, 0.05) is 98.6 Å². The second-order valence-corrected chi connectivity index (χ2v) is 22.1. The average Bonchev–Trinajstić information content (AvgIpc) is 3.28. The van der Waals surface area contributed by atoms with Crippen LogP contribution < -0.4 is 21.3 Å². The number of ether oxygens (including phenoxy) is 1. The number of nitrogens with zero attached hydrogens (tertiary/aromatic N) is 6. The van der Waals surface area contributed by atoms with Crippen molar-refractivity contribution in [1.82, 2.24) is 29.0 Å². The summed E-state index contributed by atoms with van der Waals surface area (Å²) in [6.45, 7) is 17.1. The summed E-state index contributed by atoms with van der Waals surface area (Å²) in [5, 5.41) is 10.3. The number of pyridine rings is 2. The molecule has 2 aliphatic heterocycles. The highest BCUT2D eigenvalue weighted by Gasteiger charge is 2.28. The van der Waals surface area contributed by atoms with Crippen LogP contribution >= 0.6 is 10.7 Å². The molecule has 0 spiro atoms. The Morgan fingerprint density at radius 1 is 0.647 bits per heavy atom. The molecular formula is C45H61ClF2N10O8S2. The number of sulfonamides is 1. The van der Waals surface area contributed by atoms with Gasteiger partial charge in [-0.05, 0) is 77.9 Å². The molecule has 23 heteroatoms. The van der Waals surface area contributed by atoms with Gasteiger partial charge in [0.1, 0.15) is 5.60 Å². The summed E-state index contributed by atoms with van der Waals surface area (Å²) in [6.07, 6.45) is 2.74. The summed E-state index contributed by atoms with van der Waals surface area (Å²) in [6, 6.07) is 15.6. The molecule has 4 aromatic rings. The highest BCUT2D eigenvalue weighted by atomic mass is 35.7. The predicted molar refractivity (Wildman–Crippen MR) is 261 cm³/mol. The number of nitrogens with one attached hydrogen (secondary N) is 4. The zero-order chi connectivity index (χ0) is 50.2. The van der Waals surface area contributed by atoms with Crippen molar-refractivity contribution in [1.29, 1.82) is 0 Å². The molecule has 0 radical (unpaired) electrons. The number of aromatic nitrogens is 2. The molecule has 2 aliphatic rings. The van der Waals surface area contributed by atoms with E-state index in [-0.39, 0.29) is 29.0 Å². The van der Waals surface area contributed by atoms with Crippen molar-refractivity contribution in [2.75, 3.05) is 85.1 Å². The topological polar surface area (TPSA) is 216 Å². The zero-order valence-electron chi connectivity index (χ0n) is 39.3. The highest BCUT2D eigenvalue weighted by molar-refractivity contribution is 8.13. The van der Waals surface area contributed by atoms with E-state index in [1.54, 1.807) is 66.6 Å². The van der Waals surface area contributed by atoms with Gasteiger partial charge in [0.15, 0.2) is 11.6 Å². The third-order valence-corrected chi connectivity index (χ3v) is 13.5. The van der Waals surface area contributed by atoms with E-state index in [4.69, 9.17) is 4.74 Å². The van der Waals surface area contributed by atoms with Crippen molar-refractivity contribution in [2.24, 2.45) is 0 Å². The fourth-order valence-corrected chi connectivity index (χ4v) is 7.58. The Balaban J connectivity index is 0.000000265. The number of halogens is 3. The molecule has 0 atom stereocenters. The molecular weight excluding hydrogens is 946 g/mol. The Morgan fingerprint density at radius 3 is 1.41 bits per heavy atom. The molecule has 4 heterocycles. The van der Waals surface area contributed by atoms with Crippen molar-refractivity contribution < 1.29 is 44.7 Å². The van der Waals surface area contributed by atoms with E-state index in [2.05, 4.69) is 46.8 Å². The number of benzene rings is 2. The van der Waals surface area contributed by atoms with E-state index in [0.717, 1.165) is 11.4 Å². The number of carbonyl (C=O) groups excluding carboxylic acids is 3. The van der Waals surface area contributed by atoms with Crippen LogP contribution in [0.15, 0.2) is 73.1 Å². The Morgan fingerprint density at radius 2 is 1.06 bits per heavy atom. The van der Waals surface area contributed by atoms with Gasteiger partial charge < -0.3 is 30.9 Å². The largest absolute Gasteiger partial charge is 0.444 e. The van der Waals surface area contributed by atoms with Gasteiger partial charge in [-0.25, -0.2) is 40.0 Å². The van der Waals surface area contributed by atoms with Crippen LogP contribution in [0.2, 0.25) is 0 Å². The smallest absolute Gasteiger partial charge is 0.410 e. The molecule has 2 fully saturated rings. The molecule has 5 amide bonds. The lowest BCUT2D eigenvalue weighted by atomic mass is 10.1. The van der Waals surface area contributed by atoms with Crippen LogP contribution in [0, 0.1) is 25.5 Å². The molecule has 2 aromatic heterocycles. The summed E-state index contributed by atoms with van der Waals surface area (Å²) in [5.41, 5.74) is 3.26. The van der Waals surface area contributed by atoms with Crippen LogP contribution in [0.25, 0.3) is 0 Å². The fraction of sp³-hybridized carbons (Fsp3) is 0.444. The molecule has 6 rings (SSSR count). The Kier molecular flexibility index (Phi) is 20.4. The third kappa shape index (κ3) is 18.5. The molecule has 0 unspecified atom stereocenters. The molecule has 2 aromatic carbocycles. The van der Waals surface area contributed by atoms with E-state index >= 15 is 4.39 Å². The van der Waals surface area contributed by atoms with E-state index in [9.17, 15) is 35.6 Å². The van der Waals surface area contributed by atoms with Crippen molar-refractivity contribution in [3.8, 4) is 0 Å². The van der Waals surface area contributed by atoms with E-state index in [1.165, 1.54) is 29.6 Å². The number of aryl methyl sites for hydroxylation is 2. The first-order valence-electron chi connectivity index (χ1n) is 21.8. The van der Waals surface area contributed by atoms with Crippen LogP contribution in [0.5, 0.6) is 0 Å². The number of piperazine rings is 2. The maximum atomic E-state index is 15.0. The normalized spacial score (nSPS) is 14.9. The van der Waals surface area contributed by atoms with E-state index in [1.807, 2.05) is 39.5 Å². The molecule has 372 valence electrons. The number of carbonyl (C=O) groups is 3. The maximum absolute atomic E-state index is 15.0. The Bertz CT molecular complexity index is 2540. The van der Waals surface area contributed by atoms with Gasteiger partial charge in [-0.2, -0.15) is 4.31 Å². The van der Waals surface area contributed by atoms with Crippen molar-refractivity contribution in [2.45, 2.75) is 67.2 Å². The molecule has 0 aliphatic carbocycles. The van der Waals surface area contributed by atoms with Crippen molar-refractivity contribution in [3.05, 3.63) is 107 Å². The van der Waals surface area contributed by atoms with Gasteiger partial charge in [-0.1, -0.05) is 31.2 Å². The van der Waals surface area contributed by atoms with Gasteiger partial charge in [0.25, 0.3) is 0 Å².